The van der Waals surface area contributed by atoms with Crippen molar-refractivity contribution in [2.45, 2.75) is 44.6 Å². The highest BCUT2D eigenvalue weighted by Crippen LogP contribution is 2.19. The van der Waals surface area contributed by atoms with Gasteiger partial charge in [0.25, 0.3) is 5.56 Å². The third-order valence-corrected chi connectivity index (χ3v) is 4.55. The zero-order chi connectivity index (χ0) is 20.1. The first-order chi connectivity index (χ1) is 12.7. The van der Waals surface area contributed by atoms with Gasteiger partial charge in [0.15, 0.2) is 5.16 Å². The lowest BCUT2D eigenvalue weighted by Gasteiger charge is -2.15. The predicted octanol–water partition coefficient (Wildman–Crippen LogP) is 1.18. The molecule has 2 aromatic rings. The maximum absolute atomic E-state index is 12.8. The molecule has 0 radical (unpaired) electrons. The number of nitrogens with one attached hydrogen (secondary N) is 1. The van der Waals surface area contributed by atoms with E-state index in [2.05, 4.69) is 10.3 Å². The highest BCUT2D eigenvalue weighted by atomic mass is 32.2. The first-order valence-corrected chi connectivity index (χ1v) is 9.44. The fraction of sp³-hybridized carbons (Fsp3) is 0.444. The fourth-order valence-electron chi connectivity index (χ4n) is 2.47. The first-order valence-electron chi connectivity index (χ1n) is 8.46. The molecule has 1 amide bonds. The summed E-state index contributed by atoms with van der Waals surface area (Å²) < 4.78 is 6.04. The Balaban J connectivity index is 2.48. The minimum Gasteiger partial charge on any atom is -0.465 e. The Bertz CT molecular complexity index is 908. The van der Waals surface area contributed by atoms with Crippen LogP contribution in [0.3, 0.4) is 0 Å². The quantitative estimate of drug-likeness (QED) is 0.413. The van der Waals surface area contributed by atoms with E-state index < -0.39 is 12.1 Å². The van der Waals surface area contributed by atoms with Crippen LogP contribution < -0.4 is 10.9 Å². The molecule has 8 nitrogen and oxygen atoms in total. The topological polar surface area (TPSA) is 111 Å². The lowest BCUT2D eigenvalue weighted by atomic mass is 10.1. The summed E-state index contributed by atoms with van der Waals surface area (Å²) in [6.07, 6.45) is -0.764. The maximum Gasteiger partial charge on any atom is 0.337 e. The lowest BCUT2D eigenvalue weighted by Crippen LogP contribution is -2.32. The van der Waals surface area contributed by atoms with Crippen molar-refractivity contribution in [1.29, 1.82) is 0 Å². The average Bonchev–Trinajstić information content (AvgIpc) is 2.60. The minimum absolute atomic E-state index is 0.00457. The van der Waals surface area contributed by atoms with E-state index >= 15 is 0 Å². The number of aliphatic hydroxyl groups is 1. The van der Waals surface area contributed by atoms with E-state index in [1.165, 1.54) is 29.9 Å². The summed E-state index contributed by atoms with van der Waals surface area (Å²) in [6, 6.07) is 4.49. The number of rotatable bonds is 7. The van der Waals surface area contributed by atoms with Crippen LogP contribution in [0.5, 0.6) is 0 Å². The van der Waals surface area contributed by atoms with Gasteiger partial charge in [-0.15, -0.1) is 0 Å². The van der Waals surface area contributed by atoms with Gasteiger partial charge in [-0.05, 0) is 39.0 Å². The molecule has 0 unspecified atom stereocenters. The molecule has 0 aliphatic rings. The number of thioether (sulfide) groups is 1. The molecule has 0 saturated carbocycles. The minimum atomic E-state index is -0.764. The molecule has 0 aliphatic carbocycles. The van der Waals surface area contributed by atoms with E-state index in [4.69, 9.17) is 4.74 Å². The van der Waals surface area contributed by atoms with E-state index in [0.29, 0.717) is 16.1 Å². The van der Waals surface area contributed by atoms with Crippen molar-refractivity contribution in [3.63, 3.8) is 0 Å². The molecule has 1 heterocycles. The van der Waals surface area contributed by atoms with Crippen molar-refractivity contribution in [1.82, 2.24) is 14.9 Å². The molecular formula is C18H23N3O5S. The second-order valence-electron chi connectivity index (χ2n) is 6.39. The number of esters is 1. The van der Waals surface area contributed by atoms with Crippen molar-refractivity contribution in [2.24, 2.45) is 0 Å². The van der Waals surface area contributed by atoms with Gasteiger partial charge in [-0.2, -0.15) is 0 Å². The normalized spacial score (nSPS) is 12.2. The monoisotopic (exact) mass is 393 g/mol. The second kappa shape index (κ2) is 9.01. The van der Waals surface area contributed by atoms with Crippen LogP contribution in [0, 0.1) is 0 Å². The zero-order valence-electron chi connectivity index (χ0n) is 15.7. The largest absolute Gasteiger partial charge is 0.465 e. The first kappa shape index (κ1) is 20.9. The molecule has 0 aliphatic heterocycles. The molecule has 1 atom stereocenters. The molecule has 146 valence electrons. The van der Waals surface area contributed by atoms with Gasteiger partial charge in [0.05, 0.1) is 42.0 Å². The van der Waals surface area contributed by atoms with Gasteiger partial charge in [0.1, 0.15) is 0 Å². The Morgan fingerprint density at radius 1 is 1.33 bits per heavy atom. The second-order valence-corrected chi connectivity index (χ2v) is 7.34. The summed E-state index contributed by atoms with van der Waals surface area (Å²) >= 11 is 1.10. The van der Waals surface area contributed by atoms with Crippen LogP contribution in [-0.2, 0) is 16.1 Å². The molecular weight excluding hydrogens is 370 g/mol. The highest BCUT2D eigenvalue weighted by Gasteiger charge is 2.16. The Kier molecular flexibility index (Phi) is 6.98. The van der Waals surface area contributed by atoms with Crippen LogP contribution >= 0.6 is 11.8 Å². The Morgan fingerprint density at radius 3 is 2.63 bits per heavy atom. The SMILES string of the molecule is COC(=O)c1ccc2c(=O)n(C[C@@H](C)O)c(SCC(=O)NC(C)C)nc2c1. The average molecular weight is 393 g/mol. The summed E-state index contributed by atoms with van der Waals surface area (Å²) in [5, 5.41) is 13.1. The summed E-state index contributed by atoms with van der Waals surface area (Å²) in [7, 11) is 1.27. The number of hydrogen-bond acceptors (Lipinski definition) is 7. The molecule has 2 rings (SSSR count). The van der Waals surface area contributed by atoms with Gasteiger partial charge in [0.2, 0.25) is 5.91 Å². The number of fused-ring (bicyclic) bond motifs is 1. The van der Waals surface area contributed by atoms with E-state index in [1.807, 2.05) is 13.8 Å². The van der Waals surface area contributed by atoms with Gasteiger partial charge >= 0.3 is 5.97 Å². The van der Waals surface area contributed by atoms with E-state index in [9.17, 15) is 19.5 Å². The summed E-state index contributed by atoms with van der Waals surface area (Å²) in [5.41, 5.74) is 0.263. The molecule has 0 saturated heterocycles. The number of ether oxygens (including phenoxy) is 1. The van der Waals surface area contributed by atoms with Crippen molar-refractivity contribution >= 4 is 34.5 Å². The predicted molar refractivity (Wildman–Crippen MR) is 103 cm³/mol. The third-order valence-electron chi connectivity index (χ3n) is 3.57. The Hall–Kier alpha value is -2.39. The molecule has 9 heteroatoms. The van der Waals surface area contributed by atoms with E-state index in [-0.39, 0.29) is 35.4 Å². The third kappa shape index (κ3) is 5.30. The summed E-state index contributed by atoms with van der Waals surface area (Å²) in [4.78, 5) is 41.0. The van der Waals surface area contributed by atoms with Crippen molar-refractivity contribution in [3.05, 3.63) is 34.1 Å². The summed E-state index contributed by atoms with van der Waals surface area (Å²) in [5.74, 6) is -0.638. The molecule has 1 aromatic carbocycles. The summed E-state index contributed by atoms with van der Waals surface area (Å²) in [6.45, 7) is 5.33. The van der Waals surface area contributed by atoms with Crippen molar-refractivity contribution in [2.75, 3.05) is 12.9 Å². The van der Waals surface area contributed by atoms with Gasteiger partial charge in [-0.1, -0.05) is 11.8 Å². The number of benzene rings is 1. The fourth-order valence-corrected chi connectivity index (χ4v) is 3.29. The van der Waals surface area contributed by atoms with Crippen LogP contribution in [0.25, 0.3) is 10.9 Å². The highest BCUT2D eigenvalue weighted by molar-refractivity contribution is 7.99. The maximum atomic E-state index is 12.8. The number of amides is 1. The Morgan fingerprint density at radius 2 is 2.04 bits per heavy atom. The number of aromatic nitrogens is 2. The molecule has 0 spiro atoms. The number of hydrogen-bond donors (Lipinski definition) is 2. The van der Waals surface area contributed by atoms with Crippen LogP contribution in [0.15, 0.2) is 28.2 Å². The standard InChI is InChI=1S/C18H23N3O5S/c1-10(2)19-15(23)9-27-18-20-14-7-12(17(25)26-4)5-6-13(14)16(24)21(18)8-11(3)22/h5-7,10-11,22H,8-9H2,1-4H3,(H,19,23)/t11-/m1/s1. The smallest absolute Gasteiger partial charge is 0.337 e. The van der Waals surface area contributed by atoms with Crippen LogP contribution in [0.2, 0.25) is 0 Å². The van der Waals surface area contributed by atoms with Gasteiger partial charge in [-0.25, -0.2) is 9.78 Å². The van der Waals surface area contributed by atoms with Crippen LogP contribution in [0.4, 0.5) is 0 Å². The number of aliphatic hydroxyl groups excluding tert-OH is 1. The molecule has 2 N–H and O–H groups in total. The van der Waals surface area contributed by atoms with Gasteiger partial charge in [0, 0.05) is 6.04 Å². The van der Waals surface area contributed by atoms with Crippen molar-refractivity contribution < 1.29 is 19.4 Å². The van der Waals surface area contributed by atoms with E-state index in [0.717, 1.165) is 11.8 Å². The molecule has 0 bridgehead atoms. The number of nitrogens with zero attached hydrogens (tertiary/aromatic N) is 2. The zero-order valence-corrected chi connectivity index (χ0v) is 16.5. The number of carbonyl (C=O) groups is 2. The molecule has 1 aromatic heterocycles. The van der Waals surface area contributed by atoms with E-state index in [1.54, 1.807) is 6.92 Å². The van der Waals surface area contributed by atoms with Crippen LogP contribution in [0.1, 0.15) is 31.1 Å². The van der Waals surface area contributed by atoms with Crippen molar-refractivity contribution in [3.8, 4) is 0 Å². The molecule has 27 heavy (non-hydrogen) atoms. The lowest BCUT2D eigenvalue weighted by molar-refractivity contribution is -0.119. The van der Waals surface area contributed by atoms with Gasteiger partial charge < -0.3 is 15.2 Å². The van der Waals surface area contributed by atoms with Gasteiger partial charge in [-0.3, -0.25) is 14.2 Å². The molecule has 0 fully saturated rings. The number of methoxy groups -OCH3 is 1. The Labute approximate surface area is 160 Å². The van der Waals surface area contributed by atoms with Crippen LogP contribution in [-0.4, -0.2) is 51.5 Å². The number of carbonyl (C=O) groups excluding carboxylic acids is 2.